The van der Waals surface area contributed by atoms with E-state index < -0.39 is 6.04 Å². The molecule has 136 valence electrons. The Morgan fingerprint density at radius 1 is 1.23 bits per heavy atom. The molecule has 3 rings (SSSR count). The summed E-state index contributed by atoms with van der Waals surface area (Å²) >= 11 is 0. The second kappa shape index (κ2) is 8.04. The Kier molecular flexibility index (Phi) is 5.56. The Balaban J connectivity index is 1.61. The molecular formula is C21H24N2O3. The molecule has 1 aliphatic heterocycles. The summed E-state index contributed by atoms with van der Waals surface area (Å²) in [5.41, 5.74) is 3.01. The number of carbonyl (C=O) groups is 2. The van der Waals surface area contributed by atoms with Crippen molar-refractivity contribution < 1.29 is 14.3 Å². The number of aryl methyl sites for hydroxylation is 1. The van der Waals surface area contributed by atoms with Crippen LogP contribution in [0.15, 0.2) is 48.5 Å². The molecule has 5 heteroatoms. The maximum atomic E-state index is 12.6. The fourth-order valence-electron chi connectivity index (χ4n) is 3.24. The van der Waals surface area contributed by atoms with Gasteiger partial charge in [0, 0.05) is 18.7 Å². The van der Waals surface area contributed by atoms with Crippen molar-refractivity contribution in [1.82, 2.24) is 5.32 Å². The van der Waals surface area contributed by atoms with E-state index in [2.05, 4.69) is 5.32 Å². The summed E-state index contributed by atoms with van der Waals surface area (Å²) in [5, 5.41) is 2.97. The molecule has 0 radical (unpaired) electrons. The molecule has 1 heterocycles. The fourth-order valence-corrected chi connectivity index (χ4v) is 3.24. The molecule has 2 aromatic rings. The Morgan fingerprint density at radius 3 is 2.73 bits per heavy atom. The van der Waals surface area contributed by atoms with Gasteiger partial charge in [-0.2, -0.15) is 0 Å². The van der Waals surface area contributed by atoms with E-state index in [4.69, 9.17) is 4.74 Å². The molecule has 0 saturated carbocycles. The van der Waals surface area contributed by atoms with E-state index in [1.54, 1.807) is 12.0 Å². The molecule has 5 nitrogen and oxygen atoms in total. The lowest BCUT2D eigenvalue weighted by Crippen LogP contribution is -2.45. The van der Waals surface area contributed by atoms with E-state index in [1.165, 1.54) is 0 Å². The van der Waals surface area contributed by atoms with Crippen molar-refractivity contribution >= 4 is 17.5 Å². The predicted octanol–water partition coefficient (Wildman–Crippen LogP) is 2.86. The molecule has 0 spiro atoms. The van der Waals surface area contributed by atoms with E-state index in [1.807, 2.05) is 55.5 Å². The number of benzene rings is 2. The van der Waals surface area contributed by atoms with Crippen molar-refractivity contribution in [2.45, 2.75) is 32.2 Å². The number of amides is 2. The monoisotopic (exact) mass is 352 g/mol. The normalized spacial score (nSPS) is 16.6. The quantitative estimate of drug-likeness (QED) is 0.870. The zero-order chi connectivity index (χ0) is 18.5. The van der Waals surface area contributed by atoms with Crippen LogP contribution in [0.3, 0.4) is 0 Å². The van der Waals surface area contributed by atoms with Crippen LogP contribution in [0.2, 0.25) is 0 Å². The molecule has 1 saturated heterocycles. The topological polar surface area (TPSA) is 58.6 Å². The lowest BCUT2D eigenvalue weighted by Gasteiger charge is -2.24. The highest BCUT2D eigenvalue weighted by molar-refractivity contribution is 6.03. The first-order valence-corrected chi connectivity index (χ1v) is 8.88. The largest absolute Gasteiger partial charge is 0.497 e. The second-order valence-electron chi connectivity index (χ2n) is 6.55. The molecule has 0 aromatic heterocycles. The minimum absolute atomic E-state index is 0.00167. The minimum Gasteiger partial charge on any atom is -0.497 e. The smallest absolute Gasteiger partial charge is 0.243 e. The highest BCUT2D eigenvalue weighted by Crippen LogP contribution is 2.27. The van der Waals surface area contributed by atoms with Crippen molar-refractivity contribution in [1.29, 1.82) is 0 Å². The van der Waals surface area contributed by atoms with Gasteiger partial charge in [0.15, 0.2) is 0 Å². The molecule has 1 atom stereocenters. The average Bonchev–Trinajstić information content (AvgIpc) is 3.04. The van der Waals surface area contributed by atoms with Gasteiger partial charge >= 0.3 is 0 Å². The van der Waals surface area contributed by atoms with Crippen LogP contribution in [0, 0.1) is 6.92 Å². The SMILES string of the molecule is COc1cccc(CCNC(=O)C2CCC(=O)N2c2ccc(C)cc2)c1. The molecule has 26 heavy (non-hydrogen) atoms. The second-order valence-corrected chi connectivity index (χ2v) is 6.55. The van der Waals surface area contributed by atoms with Crippen molar-refractivity contribution in [3.8, 4) is 5.75 Å². The number of hydrogen-bond donors (Lipinski definition) is 1. The lowest BCUT2D eigenvalue weighted by molar-refractivity contribution is -0.123. The zero-order valence-electron chi connectivity index (χ0n) is 15.2. The highest BCUT2D eigenvalue weighted by atomic mass is 16.5. The van der Waals surface area contributed by atoms with Gasteiger partial charge in [-0.1, -0.05) is 29.8 Å². The number of anilines is 1. The molecule has 1 fully saturated rings. The fraction of sp³-hybridized carbons (Fsp3) is 0.333. The number of ether oxygens (including phenoxy) is 1. The molecule has 2 aromatic carbocycles. The summed E-state index contributed by atoms with van der Waals surface area (Å²) in [4.78, 5) is 26.5. The Morgan fingerprint density at radius 2 is 2.00 bits per heavy atom. The summed E-state index contributed by atoms with van der Waals surface area (Å²) in [6, 6.07) is 15.1. The maximum absolute atomic E-state index is 12.6. The van der Waals surface area contributed by atoms with Crippen LogP contribution in [0.5, 0.6) is 5.75 Å². The standard InChI is InChI=1S/C21H24N2O3/c1-15-6-8-17(9-7-15)23-19(10-11-20(23)24)21(25)22-13-12-16-4-3-5-18(14-16)26-2/h3-9,14,19H,10-13H2,1-2H3,(H,22,25). The van der Waals surface area contributed by atoms with Gasteiger partial charge in [0.05, 0.1) is 7.11 Å². The van der Waals surface area contributed by atoms with Gasteiger partial charge in [-0.05, 0) is 49.6 Å². The van der Waals surface area contributed by atoms with Crippen molar-refractivity contribution in [3.05, 3.63) is 59.7 Å². The predicted molar refractivity (Wildman–Crippen MR) is 101 cm³/mol. The number of rotatable bonds is 6. The van der Waals surface area contributed by atoms with Crippen LogP contribution in [-0.2, 0) is 16.0 Å². The van der Waals surface area contributed by atoms with Crippen LogP contribution in [0.1, 0.15) is 24.0 Å². The van der Waals surface area contributed by atoms with E-state index in [0.29, 0.717) is 25.8 Å². The molecule has 2 amide bonds. The number of methoxy groups -OCH3 is 1. The van der Waals surface area contributed by atoms with Crippen LogP contribution in [0.25, 0.3) is 0 Å². The Labute approximate surface area is 154 Å². The molecule has 1 N–H and O–H groups in total. The number of nitrogens with zero attached hydrogens (tertiary/aromatic N) is 1. The Bertz CT molecular complexity index is 786. The zero-order valence-corrected chi connectivity index (χ0v) is 15.2. The van der Waals surface area contributed by atoms with E-state index in [0.717, 1.165) is 22.6 Å². The summed E-state index contributed by atoms with van der Waals surface area (Å²) in [5.74, 6) is 0.710. The summed E-state index contributed by atoms with van der Waals surface area (Å²) in [7, 11) is 1.64. The van der Waals surface area contributed by atoms with Gasteiger partial charge in [0.2, 0.25) is 11.8 Å². The van der Waals surface area contributed by atoms with Gasteiger partial charge in [-0.25, -0.2) is 0 Å². The van der Waals surface area contributed by atoms with Crippen LogP contribution >= 0.6 is 0 Å². The lowest BCUT2D eigenvalue weighted by atomic mass is 10.1. The minimum atomic E-state index is -0.435. The van der Waals surface area contributed by atoms with E-state index in [-0.39, 0.29) is 11.8 Å². The first-order valence-electron chi connectivity index (χ1n) is 8.88. The third-order valence-corrected chi connectivity index (χ3v) is 4.67. The first kappa shape index (κ1) is 18.0. The van der Waals surface area contributed by atoms with Gasteiger partial charge in [-0.15, -0.1) is 0 Å². The van der Waals surface area contributed by atoms with Crippen LogP contribution in [0.4, 0.5) is 5.69 Å². The molecule has 0 aliphatic carbocycles. The van der Waals surface area contributed by atoms with E-state index in [9.17, 15) is 9.59 Å². The average molecular weight is 352 g/mol. The molecule has 0 bridgehead atoms. The van der Waals surface area contributed by atoms with Gasteiger partial charge in [-0.3, -0.25) is 14.5 Å². The first-order chi connectivity index (χ1) is 12.6. The number of carbonyl (C=O) groups excluding carboxylic acids is 2. The van der Waals surface area contributed by atoms with Crippen molar-refractivity contribution in [2.24, 2.45) is 0 Å². The van der Waals surface area contributed by atoms with Crippen LogP contribution in [-0.4, -0.2) is 31.5 Å². The summed E-state index contributed by atoms with van der Waals surface area (Å²) < 4.78 is 5.22. The number of hydrogen-bond acceptors (Lipinski definition) is 3. The number of nitrogens with one attached hydrogen (secondary N) is 1. The van der Waals surface area contributed by atoms with Gasteiger partial charge in [0.25, 0.3) is 0 Å². The third kappa shape index (κ3) is 4.04. The molecular weight excluding hydrogens is 328 g/mol. The van der Waals surface area contributed by atoms with Crippen molar-refractivity contribution in [2.75, 3.05) is 18.6 Å². The van der Waals surface area contributed by atoms with Crippen LogP contribution < -0.4 is 15.0 Å². The summed E-state index contributed by atoms with van der Waals surface area (Å²) in [6.07, 6.45) is 1.67. The van der Waals surface area contributed by atoms with Gasteiger partial charge < -0.3 is 10.1 Å². The van der Waals surface area contributed by atoms with Crippen molar-refractivity contribution in [3.63, 3.8) is 0 Å². The van der Waals surface area contributed by atoms with Gasteiger partial charge in [0.1, 0.15) is 11.8 Å². The highest BCUT2D eigenvalue weighted by Gasteiger charge is 2.36. The molecule has 1 unspecified atom stereocenters. The third-order valence-electron chi connectivity index (χ3n) is 4.67. The van der Waals surface area contributed by atoms with E-state index >= 15 is 0 Å². The maximum Gasteiger partial charge on any atom is 0.243 e. The Hall–Kier alpha value is -2.82. The molecule has 1 aliphatic rings. The summed E-state index contributed by atoms with van der Waals surface area (Å²) in [6.45, 7) is 2.52.